The van der Waals surface area contributed by atoms with E-state index in [2.05, 4.69) is 4.99 Å². The van der Waals surface area contributed by atoms with Crippen LogP contribution < -0.4 is 24.4 Å². The molecule has 5 rings (SSSR count). The van der Waals surface area contributed by atoms with Gasteiger partial charge >= 0.3 is 5.97 Å². The predicted octanol–water partition coefficient (Wildman–Crippen LogP) is 6.47. The van der Waals surface area contributed by atoms with Crippen LogP contribution in [0.25, 0.3) is 6.08 Å². The van der Waals surface area contributed by atoms with Gasteiger partial charge in [0.25, 0.3) is 5.56 Å². The van der Waals surface area contributed by atoms with E-state index < -0.39 is 12.0 Å². The van der Waals surface area contributed by atoms with Crippen molar-refractivity contribution >= 4 is 46.6 Å². The van der Waals surface area contributed by atoms with Crippen molar-refractivity contribution in [3.05, 3.63) is 124 Å². The topological polar surface area (TPSA) is 79.1 Å². The standard InChI is InChI=1S/C33H30Cl2N2O5S/c1-5-40-26-12-9-22(10-13-26)30-29(32(39)42-19(2)3)20(4)36-33-37(30)31(38)28(43-33)17-23-16-25(35)11-14-27(23)41-18-21-7-6-8-24(34)15-21/h6-17,19,30H,5,18H2,1-4H3/b28-17+/t30-/m0/s1. The van der Waals surface area contributed by atoms with Crippen LogP contribution in [-0.2, 0) is 16.1 Å². The number of rotatable bonds is 9. The highest BCUT2D eigenvalue weighted by Gasteiger charge is 2.33. The molecule has 0 saturated carbocycles. The second-order valence-corrected chi connectivity index (χ2v) is 12.0. The molecule has 0 N–H and O–H groups in total. The first-order chi connectivity index (χ1) is 20.6. The zero-order valence-corrected chi connectivity index (χ0v) is 26.4. The lowest BCUT2D eigenvalue weighted by Crippen LogP contribution is -2.40. The van der Waals surface area contributed by atoms with Crippen LogP contribution in [-0.4, -0.2) is 23.2 Å². The Labute approximate surface area is 263 Å². The van der Waals surface area contributed by atoms with Gasteiger partial charge in [-0.05, 0) is 87.4 Å². The molecule has 43 heavy (non-hydrogen) atoms. The smallest absolute Gasteiger partial charge is 0.338 e. The quantitative estimate of drug-likeness (QED) is 0.197. The zero-order valence-electron chi connectivity index (χ0n) is 24.1. The molecule has 2 heterocycles. The molecule has 0 fully saturated rings. The maximum Gasteiger partial charge on any atom is 0.338 e. The fraction of sp³-hybridized carbons (Fsp3) is 0.242. The third kappa shape index (κ3) is 6.88. The highest BCUT2D eigenvalue weighted by atomic mass is 35.5. The number of benzene rings is 3. The Bertz CT molecular complexity index is 1880. The number of thiazole rings is 1. The number of hydrogen-bond donors (Lipinski definition) is 0. The molecule has 0 spiro atoms. The van der Waals surface area contributed by atoms with Crippen molar-refractivity contribution in [3.8, 4) is 11.5 Å². The summed E-state index contributed by atoms with van der Waals surface area (Å²) in [4.78, 5) is 32.6. The van der Waals surface area contributed by atoms with Gasteiger partial charge in [-0.15, -0.1) is 0 Å². The van der Waals surface area contributed by atoms with Gasteiger partial charge in [0.05, 0.1) is 34.6 Å². The summed E-state index contributed by atoms with van der Waals surface area (Å²) in [7, 11) is 0. The van der Waals surface area contributed by atoms with Gasteiger partial charge in [0.2, 0.25) is 0 Å². The maximum absolute atomic E-state index is 14.1. The zero-order chi connectivity index (χ0) is 30.7. The van der Waals surface area contributed by atoms with E-state index in [4.69, 9.17) is 37.4 Å². The predicted molar refractivity (Wildman–Crippen MR) is 170 cm³/mol. The van der Waals surface area contributed by atoms with Gasteiger partial charge in [0.1, 0.15) is 18.1 Å². The average molecular weight is 638 g/mol. The third-order valence-electron chi connectivity index (χ3n) is 6.63. The van der Waals surface area contributed by atoms with Crippen molar-refractivity contribution in [2.24, 2.45) is 4.99 Å². The van der Waals surface area contributed by atoms with E-state index in [0.29, 0.717) is 54.3 Å². The Hall–Kier alpha value is -3.85. The normalized spacial score (nSPS) is 14.9. The molecular weight excluding hydrogens is 607 g/mol. The Balaban J connectivity index is 1.61. The van der Waals surface area contributed by atoms with Gasteiger partial charge in [-0.25, -0.2) is 9.79 Å². The van der Waals surface area contributed by atoms with Crippen LogP contribution >= 0.6 is 34.5 Å². The summed E-state index contributed by atoms with van der Waals surface area (Å²) in [6.07, 6.45) is 1.40. The average Bonchev–Trinajstić information content (AvgIpc) is 3.26. The summed E-state index contributed by atoms with van der Waals surface area (Å²) in [6, 6.07) is 19.3. The number of carbonyl (C=O) groups is 1. The van der Waals surface area contributed by atoms with Crippen LogP contribution in [0, 0.1) is 0 Å². The minimum atomic E-state index is -0.738. The van der Waals surface area contributed by atoms with Crippen molar-refractivity contribution < 1.29 is 19.0 Å². The third-order valence-corrected chi connectivity index (χ3v) is 8.09. The molecule has 1 aromatic heterocycles. The lowest BCUT2D eigenvalue weighted by molar-refractivity contribution is -0.143. The van der Waals surface area contributed by atoms with Crippen molar-refractivity contribution in [1.82, 2.24) is 4.57 Å². The first kappa shape index (κ1) is 30.6. The van der Waals surface area contributed by atoms with Crippen molar-refractivity contribution in [2.45, 2.75) is 46.4 Å². The number of fused-ring (bicyclic) bond motifs is 1. The van der Waals surface area contributed by atoms with E-state index >= 15 is 0 Å². The Morgan fingerprint density at radius 3 is 2.49 bits per heavy atom. The Kier molecular flexibility index (Phi) is 9.40. The number of hydrogen-bond acceptors (Lipinski definition) is 7. The molecule has 0 bridgehead atoms. The molecular formula is C33H30Cl2N2O5S. The van der Waals surface area contributed by atoms with Gasteiger partial charge in [0.15, 0.2) is 4.80 Å². The molecule has 1 atom stereocenters. The first-order valence-corrected chi connectivity index (χ1v) is 15.3. The Morgan fingerprint density at radius 1 is 1.05 bits per heavy atom. The van der Waals surface area contributed by atoms with Gasteiger partial charge in [-0.1, -0.05) is 58.8 Å². The summed E-state index contributed by atoms with van der Waals surface area (Å²) in [5.74, 6) is 0.725. The van der Waals surface area contributed by atoms with E-state index in [0.717, 1.165) is 11.1 Å². The molecule has 1 aliphatic rings. The van der Waals surface area contributed by atoms with Crippen LogP contribution in [0.4, 0.5) is 0 Å². The largest absolute Gasteiger partial charge is 0.494 e. The van der Waals surface area contributed by atoms with Crippen LogP contribution in [0.1, 0.15) is 50.4 Å². The van der Waals surface area contributed by atoms with Crippen molar-refractivity contribution in [1.29, 1.82) is 0 Å². The van der Waals surface area contributed by atoms with Crippen molar-refractivity contribution in [2.75, 3.05) is 6.61 Å². The van der Waals surface area contributed by atoms with Gasteiger partial charge in [-0.2, -0.15) is 0 Å². The van der Waals surface area contributed by atoms with Crippen LogP contribution in [0.5, 0.6) is 11.5 Å². The number of nitrogens with zero attached hydrogens (tertiary/aromatic N) is 2. The van der Waals surface area contributed by atoms with E-state index in [1.165, 1.54) is 11.3 Å². The van der Waals surface area contributed by atoms with Crippen molar-refractivity contribution in [3.63, 3.8) is 0 Å². The lowest BCUT2D eigenvalue weighted by atomic mass is 9.96. The maximum atomic E-state index is 14.1. The summed E-state index contributed by atoms with van der Waals surface area (Å²) in [5, 5.41) is 1.11. The van der Waals surface area contributed by atoms with Gasteiger partial charge in [-0.3, -0.25) is 9.36 Å². The number of esters is 1. The highest BCUT2D eigenvalue weighted by Crippen LogP contribution is 2.32. The molecule has 0 saturated heterocycles. The number of halogens is 2. The molecule has 0 radical (unpaired) electrons. The first-order valence-electron chi connectivity index (χ1n) is 13.8. The van der Waals surface area contributed by atoms with Crippen LogP contribution in [0.3, 0.4) is 0 Å². The molecule has 4 aromatic rings. The summed E-state index contributed by atoms with van der Waals surface area (Å²) >= 11 is 13.7. The van der Waals surface area contributed by atoms with Crippen LogP contribution in [0.15, 0.2) is 87.8 Å². The number of aromatic nitrogens is 1. The minimum Gasteiger partial charge on any atom is -0.494 e. The Morgan fingerprint density at radius 2 is 1.79 bits per heavy atom. The number of allylic oxidation sites excluding steroid dienone is 1. The number of carbonyl (C=O) groups excluding carboxylic acids is 1. The molecule has 1 aliphatic heterocycles. The van der Waals surface area contributed by atoms with E-state index in [1.807, 2.05) is 49.4 Å². The van der Waals surface area contributed by atoms with E-state index in [1.54, 1.807) is 55.7 Å². The second-order valence-electron chi connectivity index (χ2n) is 10.1. The van der Waals surface area contributed by atoms with E-state index in [9.17, 15) is 9.59 Å². The monoisotopic (exact) mass is 636 g/mol. The minimum absolute atomic E-state index is 0.280. The number of ether oxygens (including phenoxy) is 3. The molecule has 10 heteroatoms. The SMILES string of the molecule is CCOc1ccc([C@H]2C(C(=O)OC(C)C)=C(C)N=c3s/c(=C/c4cc(Cl)ccc4OCc4cccc(Cl)c4)c(=O)n32)cc1. The fourth-order valence-electron chi connectivity index (χ4n) is 4.78. The summed E-state index contributed by atoms with van der Waals surface area (Å²) < 4.78 is 19.3. The second kappa shape index (κ2) is 13.2. The molecule has 0 amide bonds. The molecule has 0 unspecified atom stereocenters. The molecule has 222 valence electrons. The van der Waals surface area contributed by atoms with Crippen LogP contribution in [0.2, 0.25) is 10.0 Å². The summed E-state index contributed by atoms with van der Waals surface area (Å²) in [5.41, 5.74) is 2.77. The van der Waals surface area contributed by atoms with Gasteiger partial charge < -0.3 is 14.2 Å². The van der Waals surface area contributed by atoms with E-state index in [-0.39, 0.29) is 18.3 Å². The summed E-state index contributed by atoms with van der Waals surface area (Å²) in [6.45, 7) is 8.04. The lowest BCUT2D eigenvalue weighted by Gasteiger charge is -2.25. The fourth-order valence-corrected chi connectivity index (χ4v) is 6.21. The molecule has 3 aromatic carbocycles. The molecule has 0 aliphatic carbocycles. The highest BCUT2D eigenvalue weighted by molar-refractivity contribution is 7.07. The van der Waals surface area contributed by atoms with Gasteiger partial charge in [0, 0.05) is 15.6 Å². The molecule has 7 nitrogen and oxygen atoms in total.